The number of aromatic nitrogens is 2. The number of nitrogens with one attached hydrogen (secondary N) is 1. The van der Waals surface area contributed by atoms with Crippen LogP contribution in [0.25, 0.3) is 11.4 Å². The molecule has 0 radical (unpaired) electrons. The molecule has 6 nitrogen and oxygen atoms in total. The van der Waals surface area contributed by atoms with Crippen molar-refractivity contribution in [2.75, 3.05) is 5.32 Å². The van der Waals surface area contributed by atoms with Gasteiger partial charge in [0.1, 0.15) is 0 Å². The number of hydrogen-bond acceptors (Lipinski definition) is 6. The van der Waals surface area contributed by atoms with Gasteiger partial charge in [0.2, 0.25) is 5.13 Å². The van der Waals surface area contributed by atoms with Crippen molar-refractivity contribution in [3.05, 3.63) is 34.4 Å². The molecule has 0 spiro atoms. The second kappa shape index (κ2) is 4.34. The number of nitro groups is 1. The van der Waals surface area contributed by atoms with E-state index in [-0.39, 0.29) is 5.69 Å². The lowest BCUT2D eigenvalue weighted by Crippen LogP contribution is -1.99. The standard InChI is InChI=1S/C11H10N4O2S/c16-15(17)9-5-1-7(2-6-9)10-13-11(18-14-10)12-8-3-4-8/h1-2,5-6,8H,3-4H2,(H,12,13,14). The molecule has 0 bridgehead atoms. The molecule has 0 atom stereocenters. The van der Waals surface area contributed by atoms with E-state index < -0.39 is 4.92 Å². The molecule has 2 aromatic rings. The van der Waals surface area contributed by atoms with Crippen molar-refractivity contribution in [2.45, 2.75) is 18.9 Å². The summed E-state index contributed by atoms with van der Waals surface area (Å²) in [5.41, 5.74) is 0.867. The zero-order chi connectivity index (χ0) is 12.5. The van der Waals surface area contributed by atoms with E-state index in [1.165, 1.54) is 36.5 Å². The molecule has 92 valence electrons. The van der Waals surface area contributed by atoms with E-state index in [0.29, 0.717) is 11.9 Å². The number of nitro benzene ring substituents is 1. The summed E-state index contributed by atoms with van der Waals surface area (Å²) in [5.74, 6) is 0.609. The van der Waals surface area contributed by atoms with Gasteiger partial charge in [-0.2, -0.15) is 9.36 Å². The van der Waals surface area contributed by atoms with Crippen LogP contribution in [0.2, 0.25) is 0 Å². The molecule has 1 aromatic carbocycles. The number of non-ortho nitro benzene ring substituents is 1. The normalized spacial score (nSPS) is 14.4. The SMILES string of the molecule is O=[N+]([O-])c1ccc(-c2nsc(NC3CC3)n2)cc1. The fraction of sp³-hybridized carbons (Fsp3) is 0.273. The maximum Gasteiger partial charge on any atom is 0.269 e. The summed E-state index contributed by atoms with van der Waals surface area (Å²) in [4.78, 5) is 14.5. The minimum absolute atomic E-state index is 0.0744. The van der Waals surface area contributed by atoms with Gasteiger partial charge in [-0.15, -0.1) is 0 Å². The molecule has 1 aliphatic carbocycles. The molecule has 1 aromatic heterocycles. The minimum atomic E-state index is -0.418. The highest BCUT2D eigenvalue weighted by Gasteiger charge is 2.22. The summed E-state index contributed by atoms with van der Waals surface area (Å²) < 4.78 is 4.24. The first-order valence-corrected chi connectivity index (χ1v) is 6.35. The number of nitrogens with zero attached hydrogens (tertiary/aromatic N) is 3. The van der Waals surface area contributed by atoms with Gasteiger partial charge in [-0.25, -0.2) is 0 Å². The first kappa shape index (κ1) is 11.1. The Hall–Kier alpha value is -2.02. The van der Waals surface area contributed by atoms with Crippen LogP contribution >= 0.6 is 11.5 Å². The second-order valence-corrected chi connectivity index (χ2v) is 4.90. The maximum absolute atomic E-state index is 10.5. The molecular formula is C11H10N4O2S. The lowest BCUT2D eigenvalue weighted by molar-refractivity contribution is -0.384. The Balaban J connectivity index is 1.80. The van der Waals surface area contributed by atoms with E-state index in [2.05, 4.69) is 14.7 Å². The molecule has 7 heteroatoms. The van der Waals surface area contributed by atoms with E-state index in [4.69, 9.17) is 0 Å². The summed E-state index contributed by atoms with van der Waals surface area (Å²) in [5, 5.41) is 14.6. The van der Waals surface area contributed by atoms with E-state index in [1.54, 1.807) is 12.1 Å². The third kappa shape index (κ3) is 2.30. The molecule has 1 N–H and O–H groups in total. The predicted molar refractivity (Wildman–Crippen MR) is 68.6 cm³/mol. The van der Waals surface area contributed by atoms with E-state index >= 15 is 0 Å². The summed E-state index contributed by atoms with van der Waals surface area (Å²) in [6, 6.07) is 6.80. The van der Waals surface area contributed by atoms with Gasteiger partial charge in [0.15, 0.2) is 5.82 Å². The highest BCUT2D eigenvalue weighted by atomic mass is 32.1. The van der Waals surface area contributed by atoms with Crippen LogP contribution in [0.5, 0.6) is 0 Å². The average molecular weight is 262 g/mol. The van der Waals surface area contributed by atoms with Gasteiger partial charge < -0.3 is 5.32 Å². The van der Waals surface area contributed by atoms with E-state index in [9.17, 15) is 10.1 Å². The fourth-order valence-electron chi connectivity index (χ4n) is 1.53. The van der Waals surface area contributed by atoms with Crippen LogP contribution in [0.3, 0.4) is 0 Å². The molecule has 0 unspecified atom stereocenters. The van der Waals surface area contributed by atoms with Crippen molar-refractivity contribution >= 4 is 22.4 Å². The zero-order valence-electron chi connectivity index (χ0n) is 9.37. The van der Waals surface area contributed by atoms with Crippen LogP contribution in [-0.2, 0) is 0 Å². The quantitative estimate of drug-likeness (QED) is 0.676. The topological polar surface area (TPSA) is 81.0 Å². The van der Waals surface area contributed by atoms with Gasteiger partial charge in [-0.3, -0.25) is 10.1 Å². The van der Waals surface area contributed by atoms with Crippen molar-refractivity contribution in [1.29, 1.82) is 0 Å². The lowest BCUT2D eigenvalue weighted by Gasteiger charge is -1.96. The van der Waals surface area contributed by atoms with Crippen LogP contribution in [-0.4, -0.2) is 20.3 Å². The number of rotatable bonds is 4. The van der Waals surface area contributed by atoms with Gasteiger partial charge >= 0.3 is 0 Å². The third-order valence-corrected chi connectivity index (χ3v) is 3.31. The van der Waals surface area contributed by atoms with E-state index in [0.717, 1.165) is 10.7 Å². The van der Waals surface area contributed by atoms with Crippen LogP contribution in [0, 0.1) is 10.1 Å². The summed E-state index contributed by atoms with van der Waals surface area (Å²) in [6.45, 7) is 0. The van der Waals surface area contributed by atoms with Crippen LogP contribution in [0.4, 0.5) is 10.8 Å². The molecule has 0 saturated heterocycles. The largest absolute Gasteiger partial charge is 0.358 e. The monoisotopic (exact) mass is 262 g/mol. The van der Waals surface area contributed by atoms with Gasteiger partial charge in [0.25, 0.3) is 5.69 Å². The van der Waals surface area contributed by atoms with Crippen molar-refractivity contribution in [2.24, 2.45) is 0 Å². The van der Waals surface area contributed by atoms with E-state index in [1.807, 2.05) is 0 Å². The van der Waals surface area contributed by atoms with Crippen LogP contribution < -0.4 is 5.32 Å². The lowest BCUT2D eigenvalue weighted by atomic mass is 10.2. The molecule has 1 heterocycles. The van der Waals surface area contributed by atoms with Crippen molar-refractivity contribution < 1.29 is 4.92 Å². The highest BCUT2D eigenvalue weighted by molar-refractivity contribution is 7.09. The Morgan fingerprint density at radius 1 is 1.33 bits per heavy atom. The van der Waals surface area contributed by atoms with Crippen molar-refractivity contribution in [3.8, 4) is 11.4 Å². The van der Waals surface area contributed by atoms with Gasteiger partial charge in [0.05, 0.1) is 4.92 Å². The Labute approximate surface area is 107 Å². The minimum Gasteiger partial charge on any atom is -0.358 e. The molecule has 0 aliphatic heterocycles. The van der Waals surface area contributed by atoms with Crippen LogP contribution in [0.15, 0.2) is 24.3 Å². The Morgan fingerprint density at radius 3 is 2.67 bits per heavy atom. The Kier molecular flexibility index (Phi) is 2.67. The molecule has 3 rings (SSSR count). The molecular weight excluding hydrogens is 252 g/mol. The molecule has 18 heavy (non-hydrogen) atoms. The number of anilines is 1. The smallest absolute Gasteiger partial charge is 0.269 e. The molecule has 1 fully saturated rings. The molecule has 0 amide bonds. The summed E-state index contributed by atoms with van der Waals surface area (Å²) in [7, 11) is 0. The highest BCUT2D eigenvalue weighted by Crippen LogP contribution is 2.28. The first-order chi connectivity index (χ1) is 8.72. The van der Waals surface area contributed by atoms with Gasteiger partial charge in [-0.05, 0) is 25.0 Å². The Bertz CT molecular complexity index is 577. The predicted octanol–water partition coefficient (Wildman–Crippen LogP) is 2.69. The first-order valence-electron chi connectivity index (χ1n) is 5.57. The zero-order valence-corrected chi connectivity index (χ0v) is 10.2. The Morgan fingerprint density at radius 2 is 2.06 bits per heavy atom. The average Bonchev–Trinajstić information content (AvgIpc) is 3.05. The number of benzene rings is 1. The van der Waals surface area contributed by atoms with Crippen molar-refractivity contribution in [1.82, 2.24) is 9.36 Å². The summed E-state index contributed by atoms with van der Waals surface area (Å²) >= 11 is 1.32. The third-order valence-electron chi connectivity index (χ3n) is 2.67. The van der Waals surface area contributed by atoms with Gasteiger partial charge in [0, 0.05) is 35.3 Å². The second-order valence-electron chi connectivity index (χ2n) is 4.15. The van der Waals surface area contributed by atoms with Crippen molar-refractivity contribution in [3.63, 3.8) is 0 Å². The number of hydrogen-bond donors (Lipinski definition) is 1. The maximum atomic E-state index is 10.5. The fourth-order valence-corrected chi connectivity index (χ4v) is 2.20. The molecule has 1 aliphatic rings. The van der Waals surface area contributed by atoms with Gasteiger partial charge in [-0.1, -0.05) is 0 Å². The molecule has 1 saturated carbocycles. The summed E-state index contributed by atoms with van der Waals surface area (Å²) in [6.07, 6.45) is 2.37. The van der Waals surface area contributed by atoms with Crippen LogP contribution in [0.1, 0.15) is 12.8 Å².